The Balaban J connectivity index is 2.38. The highest BCUT2D eigenvalue weighted by Gasteiger charge is 2.06. The van der Waals surface area contributed by atoms with Gasteiger partial charge >= 0.3 is 0 Å². The van der Waals surface area contributed by atoms with E-state index in [1.807, 2.05) is 0 Å². The molecule has 0 aromatic carbocycles. The lowest BCUT2D eigenvalue weighted by molar-refractivity contribution is 0.109. The number of hydrogen-bond acceptors (Lipinski definition) is 4. The summed E-state index contributed by atoms with van der Waals surface area (Å²) >= 11 is 1.33. The van der Waals surface area contributed by atoms with Gasteiger partial charge in [-0.15, -0.1) is 11.3 Å². The first kappa shape index (κ1) is 8.90. The number of furan rings is 1. The van der Waals surface area contributed by atoms with Crippen LogP contribution in [0.25, 0.3) is 10.6 Å². The maximum Gasteiger partial charge on any atom is 0.185 e. The first-order valence-corrected chi connectivity index (χ1v) is 4.75. The Hall–Kier alpha value is -1.68. The van der Waals surface area contributed by atoms with E-state index in [2.05, 4.69) is 0 Å². The number of thiophene rings is 1. The Morgan fingerprint density at radius 3 is 2.50 bits per heavy atom. The average Bonchev–Trinajstić information content (AvgIpc) is 2.86. The van der Waals surface area contributed by atoms with Crippen LogP contribution in [0.4, 0.5) is 0 Å². The molecule has 14 heavy (non-hydrogen) atoms. The van der Waals surface area contributed by atoms with E-state index in [0.29, 0.717) is 22.7 Å². The molecule has 0 radical (unpaired) electrons. The van der Waals surface area contributed by atoms with E-state index in [-0.39, 0.29) is 0 Å². The summed E-state index contributed by atoms with van der Waals surface area (Å²) in [6, 6.07) is 6.82. The fourth-order valence-electron chi connectivity index (χ4n) is 1.10. The predicted octanol–water partition coefficient (Wildman–Crippen LogP) is 2.63. The molecule has 0 N–H and O–H groups in total. The smallest absolute Gasteiger partial charge is 0.185 e. The fraction of sp³-hybridized carbons (Fsp3) is 0. The topological polar surface area (TPSA) is 47.3 Å². The second kappa shape index (κ2) is 3.59. The number of hydrogen-bond donors (Lipinski definition) is 0. The van der Waals surface area contributed by atoms with E-state index in [1.54, 1.807) is 24.3 Å². The summed E-state index contributed by atoms with van der Waals surface area (Å²) in [6.45, 7) is 0. The van der Waals surface area contributed by atoms with Gasteiger partial charge in [-0.1, -0.05) is 0 Å². The molecule has 2 rings (SSSR count). The third-order valence-corrected chi connectivity index (χ3v) is 2.75. The largest absolute Gasteiger partial charge is 0.452 e. The van der Waals surface area contributed by atoms with Gasteiger partial charge < -0.3 is 4.42 Å². The molecule has 4 heteroatoms. The quantitative estimate of drug-likeness (QED) is 0.725. The van der Waals surface area contributed by atoms with E-state index in [9.17, 15) is 9.59 Å². The van der Waals surface area contributed by atoms with Crippen LogP contribution < -0.4 is 0 Å². The van der Waals surface area contributed by atoms with Crippen molar-refractivity contribution in [3.63, 3.8) is 0 Å². The van der Waals surface area contributed by atoms with Crippen LogP contribution in [0.15, 0.2) is 28.7 Å². The van der Waals surface area contributed by atoms with E-state index >= 15 is 0 Å². The van der Waals surface area contributed by atoms with Gasteiger partial charge in [0.25, 0.3) is 0 Å². The predicted molar refractivity (Wildman–Crippen MR) is 52.8 cm³/mol. The van der Waals surface area contributed by atoms with Crippen LogP contribution >= 0.6 is 11.3 Å². The standard InChI is InChI=1S/C10H6O3S/c11-5-7-1-3-9(13-7)10-4-2-8(6-12)14-10/h1-6H. The van der Waals surface area contributed by atoms with Crippen LogP contribution in [0.1, 0.15) is 20.2 Å². The Labute approximate surface area is 84.0 Å². The summed E-state index contributed by atoms with van der Waals surface area (Å²) in [5.41, 5.74) is 0. The summed E-state index contributed by atoms with van der Waals surface area (Å²) in [5.74, 6) is 0.909. The molecule has 0 amide bonds. The first-order chi connectivity index (χ1) is 6.83. The SMILES string of the molecule is O=Cc1ccc(-c2ccc(C=O)s2)o1. The lowest BCUT2D eigenvalue weighted by Gasteiger charge is -1.87. The highest BCUT2D eigenvalue weighted by Crippen LogP contribution is 2.28. The van der Waals surface area contributed by atoms with Crippen LogP contribution in [-0.2, 0) is 0 Å². The normalized spacial score (nSPS) is 10.0. The van der Waals surface area contributed by atoms with Gasteiger partial charge in [0.1, 0.15) is 5.76 Å². The molecule has 3 nitrogen and oxygen atoms in total. The van der Waals surface area contributed by atoms with E-state index in [1.165, 1.54) is 11.3 Å². The third-order valence-electron chi connectivity index (χ3n) is 1.73. The van der Waals surface area contributed by atoms with Crippen molar-refractivity contribution in [2.75, 3.05) is 0 Å². The molecular weight excluding hydrogens is 200 g/mol. The van der Waals surface area contributed by atoms with E-state index in [0.717, 1.165) is 11.2 Å². The van der Waals surface area contributed by atoms with Gasteiger partial charge in [-0.25, -0.2) is 0 Å². The van der Waals surface area contributed by atoms with Crippen molar-refractivity contribution in [1.82, 2.24) is 0 Å². The maximum absolute atomic E-state index is 10.4. The molecule has 0 bridgehead atoms. The van der Waals surface area contributed by atoms with Gasteiger partial charge in [0.05, 0.1) is 9.75 Å². The molecule has 0 aliphatic carbocycles. The van der Waals surface area contributed by atoms with E-state index < -0.39 is 0 Å². The molecule has 2 aromatic heterocycles. The van der Waals surface area contributed by atoms with Crippen LogP contribution in [-0.4, -0.2) is 12.6 Å². The van der Waals surface area contributed by atoms with Crippen LogP contribution in [0.3, 0.4) is 0 Å². The van der Waals surface area contributed by atoms with Crippen LogP contribution in [0.5, 0.6) is 0 Å². The monoisotopic (exact) mass is 206 g/mol. The minimum Gasteiger partial charge on any atom is -0.452 e. The second-order valence-corrected chi connectivity index (χ2v) is 3.76. The summed E-state index contributed by atoms with van der Waals surface area (Å²) in [6.07, 6.45) is 1.44. The molecule has 0 unspecified atom stereocenters. The highest BCUT2D eigenvalue weighted by atomic mass is 32.1. The molecule has 70 valence electrons. The first-order valence-electron chi connectivity index (χ1n) is 3.94. The lowest BCUT2D eigenvalue weighted by atomic mass is 10.3. The number of carbonyl (C=O) groups excluding carboxylic acids is 2. The minimum atomic E-state index is 0.293. The van der Waals surface area contributed by atoms with Crippen LogP contribution in [0.2, 0.25) is 0 Å². The third kappa shape index (κ3) is 1.52. The van der Waals surface area contributed by atoms with Gasteiger partial charge in [-0.05, 0) is 24.3 Å². The Kier molecular flexibility index (Phi) is 2.28. The summed E-state index contributed by atoms with van der Waals surface area (Å²) in [5, 5.41) is 0. The van der Waals surface area contributed by atoms with Crippen molar-refractivity contribution >= 4 is 23.9 Å². The molecule has 0 aliphatic rings. The van der Waals surface area contributed by atoms with Crippen molar-refractivity contribution in [3.8, 4) is 10.6 Å². The van der Waals surface area contributed by atoms with Crippen molar-refractivity contribution in [3.05, 3.63) is 34.9 Å². The van der Waals surface area contributed by atoms with Crippen LogP contribution in [0, 0.1) is 0 Å². The maximum atomic E-state index is 10.4. The second-order valence-electron chi connectivity index (χ2n) is 2.64. The van der Waals surface area contributed by atoms with Gasteiger partial charge in [0.2, 0.25) is 0 Å². The zero-order valence-corrected chi connectivity index (χ0v) is 7.91. The molecule has 0 fully saturated rings. The van der Waals surface area contributed by atoms with Gasteiger partial charge in [-0.3, -0.25) is 9.59 Å². The van der Waals surface area contributed by atoms with Crippen molar-refractivity contribution < 1.29 is 14.0 Å². The summed E-state index contributed by atoms with van der Waals surface area (Å²) in [4.78, 5) is 22.3. The average molecular weight is 206 g/mol. The summed E-state index contributed by atoms with van der Waals surface area (Å²) < 4.78 is 5.20. The number of rotatable bonds is 3. The zero-order chi connectivity index (χ0) is 9.97. The fourth-order valence-corrected chi connectivity index (χ4v) is 1.88. The van der Waals surface area contributed by atoms with Gasteiger partial charge in [0, 0.05) is 0 Å². The van der Waals surface area contributed by atoms with E-state index in [4.69, 9.17) is 4.42 Å². The molecule has 0 aliphatic heterocycles. The molecule has 0 saturated heterocycles. The molecule has 0 spiro atoms. The minimum absolute atomic E-state index is 0.293. The Morgan fingerprint density at radius 1 is 1.07 bits per heavy atom. The Bertz CT molecular complexity index is 423. The van der Waals surface area contributed by atoms with Gasteiger partial charge in [-0.2, -0.15) is 0 Å². The molecule has 2 heterocycles. The van der Waals surface area contributed by atoms with Gasteiger partial charge in [0.15, 0.2) is 18.3 Å². The molecule has 2 aromatic rings. The molecule has 0 saturated carbocycles. The molecule has 0 atom stereocenters. The summed E-state index contributed by atoms with van der Waals surface area (Å²) in [7, 11) is 0. The molecular formula is C10H6O3S. The van der Waals surface area contributed by atoms with Crippen molar-refractivity contribution in [1.29, 1.82) is 0 Å². The number of carbonyl (C=O) groups is 2. The highest BCUT2D eigenvalue weighted by molar-refractivity contribution is 7.17. The zero-order valence-electron chi connectivity index (χ0n) is 7.10. The number of aldehydes is 2. The van der Waals surface area contributed by atoms with Crippen molar-refractivity contribution in [2.24, 2.45) is 0 Å². The van der Waals surface area contributed by atoms with Crippen molar-refractivity contribution in [2.45, 2.75) is 0 Å². The lowest BCUT2D eigenvalue weighted by Crippen LogP contribution is -1.67. The Morgan fingerprint density at radius 2 is 1.93 bits per heavy atom.